The van der Waals surface area contributed by atoms with Gasteiger partial charge in [0.15, 0.2) is 0 Å². The molecule has 0 spiro atoms. The van der Waals surface area contributed by atoms with Crippen LogP contribution < -0.4 is 4.74 Å². The first-order valence-corrected chi connectivity index (χ1v) is 38.4. The molecule has 0 saturated carbocycles. The van der Waals surface area contributed by atoms with Crippen LogP contribution in [0.3, 0.4) is 0 Å². The Morgan fingerprint density at radius 1 is 0.226 bits per heavy atom. The van der Waals surface area contributed by atoms with Crippen LogP contribution in [0, 0.1) is 86.7 Å². The topological polar surface area (TPSA) is 9.23 Å². The molecule has 0 aliphatic heterocycles. The monoisotopic (exact) mass is 1470 g/mol. The van der Waals surface area contributed by atoms with E-state index in [9.17, 15) is 13.2 Å². The molecule has 1 nitrogen and oxygen atoms in total. The molecule has 0 aromatic heterocycles. The molecule has 0 fully saturated rings. The lowest BCUT2D eigenvalue weighted by molar-refractivity contribution is 0.412. The largest absolute Gasteiger partial charge is 0.497 e. The van der Waals surface area contributed by atoms with Gasteiger partial charge in [0.25, 0.3) is 0 Å². The van der Waals surface area contributed by atoms with Gasteiger partial charge in [-0.2, -0.15) is 0 Å². The molecule has 9 aromatic rings. The highest BCUT2D eigenvalue weighted by Crippen LogP contribution is 2.32. The van der Waals surface area contributed by atoms with Crippen LogP contribution >= 0.6 is 11.6 Å². The first-order valence-electron chi connectivity index (χ1n) is 38.0. The number of ether oxygens (including phenoxy) is 1. The van der Waals surface area contributed by atoms with E-state index in [1.54, 1.807) is 39.2 Å². The molecule has 0 unspecified atom stereocenters. The van der Waals surface area contributed by atoms with E-state index in [2.05, 4.69) is 335 Å². The Balaban J connectivity index is 0.000000596. The van der Waals surface area contributed by atoms with Gasteiger partial charge in [0.1, 0.15) is 23.2 Å². The second kappa shape index (κ2) is 40.9. The van der Waals surface area contributed by atoms with Gasteiger partial charge in [-0.1, -0.05) is 372 Å². The molecule has 106 heavy (non-hydrogen) atoms. The number of benzene rings is 9. The van der Waals surface area contributed by atoms with Crippen LogP contribution in [0.4, 0.5) is 13.2 Å². The second-order valence-electron chi connectivity index (χ2n) is 38.3. The van der Waals surface area contributed by atoms with E-state index < -0.39 is 0 Å². The van der Waals surface area contributed by atoms with E-state index in [-0.39, 0.29) is 66.2 Å². The summed E-state index contributed by atoms with van der Waals surface area (Å²) in [6.07, 6.45) is 0. The fraction of sp³-hybridized carbons (Fsp3) is 0.465. The van der Waals surface area contributed by atoms with Crippen molar-refractivity contribution in [2.24, 2.45) is 0 Å². The summed E-state index contributed by atoms with van der Waals surface area (Å²) in [6, 6.07) is 61.5. The summed E-state index contributed by atoms with van der Waals surface area (Å²) < 4.78 is 44.7. The number of hydrogen-bond donors (Lipinski definition) is 0. The van der Waals surface area contributed by atoms with Crippen molar-refractivity contribution < 1.29 is 17.9 Å². The van der Waals surface area contributed by atoms with Crippen LogP contribution in [0.25, 0.3) is 0 Å². The van der Waals surface area contributed by atoms with Crippen LogP contribution in [0.1, 0.15) is 293 Å². The number of aryl methyl sites for hydroxylation is 10. The Labute approximate surface area is 653 Å². The fourth-order valence-corrected chi connectivity index (χ4v) is 10.9. The minimum absolute atomic E-state index is 0.0362. The van der Waals surface area contributed by atoms with Crippen molar-refractivity contribution >= 4 is 11.6 Å². The summed E-state index contributed by atoms with van der Waals surface area (Å²) in [6.45, 7) is 79.0. The SMILES string of the molecule is COc1cc(C)cc(C(C)(C)C)c1.Cc1cc(C)cc(C(C)(C)C)c1.Cc1ccc(C(C)(C)C)cc1.Cc1ccc(C(C)(C)C)cc1Cl.Cc1ccc(C(C)(C)C)cc1F.Cc1ccc(C(C)(C)C)cc1F.Cc1ccc(F)c(C(C)(C)C)c1.Cc1cccc(C(C)(C)C)c1.Cc1ccccc1C(C)(C)C. The molecule has 0 amide bonds. The van der Waals surface area contributed by atoms with E-state index in [1.165, 1.54) is 72.8 Å². The minimum Gasteiger partial charge on any atom is -0.497 e. The maximum Gasteiger partial charge on any atom is 0.126 e. The lowest BCUT2D eigenvalue weighted by Crippen LogP contribution is -2.13. The maximum absolute atomic E-state index is 13.3. The van der Waals surface area contributed by atoms with Crippen LogP contribution in [0.5, 0.6) is 5.75 Å². The summed E-state index contributed by atoms with van der Waals surface area (Å²) in [5.41, 5.74) is 24.4. The predicted molar refractivity (Wildman–Crippen MR) is 465 cm³/mol. The molecule has 0 bridgehead atoms. The van der Waals surface area contributed by atoms with E-state index in [0.29, 0.717) is 11.1 Å². The van der Waals surface area contributed by atoms with Crippen molar-refractivity contribution in [3.63, 3.8) is 0 Å². The molecule has 0 saturated heterocycles. The Morgan fingerprint density at radius 3 is 0.887 bits per heavy atom. The lowest BCUT2D eigenvalue weighted by atomic mass is 9.84. The zero-order valence-electron chi connectivity index (χ0n) is 73.7. The molecule has 0 radical (unpaired) electrons. The molecule has 0 aliphatic rings. The summed E-state index contributed by atoms with van der Waals surface area (Å²) in [7, 11) is 1.71. The summed E-state index contributed by atoms with van der Waals surface area (Å²) in [5.74, 6) is 0.628. The van der Waals surface area contributed by atoms with Crippen molar-refractivity contribution in [2.45, 2.75) is 305 Å². The van der Waals surface area contributed by atoms with E-state index in [4.69, 9.17) is 16.3 Å². The number of rotatable bonds is 1. The number of hydrogen-bond acceptors (Lipinski definition) is 1. The van der Waals surface area contributed by atoms with Crippen LogP contribution in [-0.4, -0.2) is 7.11 Å². The van der Waals surface area contributed by atoms with Crippen molar-refractivity contribution in [2.75, 3.05) is 7.11 Å². The quantitative estimate of drug-likeness (QED) is 0.159. The van der Waals surface area contributed by atoms with Gasteiger partial charge in [0.2, 0.25) is 0 Å². The first-order chi connectivity index (χ1) is 48.0. The normalized spacial score (nSPS) is 11.7. The predicted octanol–water partition coefficient (Wildman–Crippen LogP) is 31.0. The van der Waals surface area contributed by atoms with E-state index >= 15 is 0 Å². The van der Waals surface area contributed by atoms with Crippen molar-refractivity contribution in [3.05, 3.63) is 310 Å². The van der Waals surface area contributed by atoms with Gasteiger partial charge in [0.05, 0.1) is 7.11 Å². The molecule has 9 aromatic carbocycles. The zero-order valence-corrected chi connectivity index (χ0v) is 74.5. The molecule has 0 aliphatic carbocycles. The minimum atomic E-state index is -0.109. The molecule has 9 rings (SSSR count). The average Bonchev–Trinajstić information content (AvgIpc) is 0.862. The Morgan fingerprint density at radius 2 is 0.557 bits per heavy atom. The summed E-state index contributed by atoms with van der Waals surface area (Å²) in [5, 5.41) is 0.863. The number of methoxy groups -OCH3 is 1. The Hall–Kier alpha value is -7.14. The highest BCUT2D eigenvalue weighted by molar-refractivity contribution is 6.31. The van der Waals surface area contributed by atoms with Gasteiger partial charge in [0, 0.05) is 5.02 Å². The van der Waals surface area contributed by atoms with Crippen LogP contribution in [-0.2, 0) is 48.7 Å². The molecule has 0 N–H and O–H groups in total. The third kappa shape index (κ3) is 36.6. The fourth-order valence-electron chi connectivity index (χ4n) is 10.7. The Kier molecular flexibility index (Phi) is 37.4. The van der Waals surface area contributed by atoms with Gasteiger partial charge < -0.3 is 4.74 Å². The van der Waals surface area contributed by atoms with Gasteiger partial charge in [-0.05, 0) is 232 Å². The standard InChI is InChI=1S/C12H18O.C12H18.C11H15Cl.3C11H15F.3C11H16/c1-9-6-10(12(2,3)4)8-11(7-9)13-5;1-9-6-10(2)8-11(7-9)12(3,4)5;3*1-8-5-6-9(7-10(8)12)11(2,3)4;1-8-5-6-10(12)9(7-8)11(2,3)4;1-9-5-7-10(8-6-9)11(2,3)4;1-9-6-5-7-10(8-9)11(2,3)4;1-9-7-5-6-8-10(9)11(2,3)4/h6-8H,1-5H3;6-8H,1-5H3;4*5-7H,1-4H3;3*5-8H,1-4H3. The van der Waals surface area contributed by atoms with Gasteiger partial charge in [-0.15, -0.1) is 0 Å². The van der Waals surface area contributed by atoms with Gasteiger partial charge in [-0.3, -0.25) is 0 Å². The third-order valence-corrected chi connectivity index (χ3v) is 18.4. The smallest absolute Gasteiger partial charge is 0.126 e. The highest BCUT2D eigenvalue weighted by atomic mass is 35.5. The summed E-state index contributed by atoms with van der Waals surface area (Å²) >= 11 is 6.02. The third-order valence-electron chi connectivity index (χ3n) is 18.0. The Bertz CT molecular complexity index is 3950. The lowest BCUT2D eigenvalue weighted by Gasteiger charge is -2.21. The van der Waals surface area contributed by atoms with Gasteiger partial charge >= 0.3 is 0 Å². The molecular formula is C101H144ClF3O. The second-order valence-corrected chi connectivity index (χ2v) is 38.7. The number of halogens is 4. The van der Waals surface area contributed by atoms with Gasteiger partial charge in [-0.25, -0.2) is 13.2 Å². The van der Waals surface area contributed by atoms with E-state index in [0.717, 1.165) is 38.6 Å². The van der Waals surface area contributed by atoms with Crippen LogP contribution in [0.15, 0.2) is 182 Å². The first kappa shape index (κ1) is 96.9. The van der Waals surface area contributed by atoms with E-state index in [1.807, 2.05) is 65.0 Å². The van der Waals surface area contributed by atoms with Crippen LogP contribution in [0.2, 0.25) is 5.02 Å². The van der Waals surface area contributed by atoms with Crippen molar-refractivity contribution in [1.29, 1.82) is 0 Å². The van der Waals surface area contributed by atoms with Crippen molar-refractivity contribution in [1.82, 2.24) is 0 Å². The van der Waals surface area contributed by atoms with Crippen molar-refractivity contribution in [3.8, 4) is 5.75 Å². The maximum atomic E-state index is 13.3. The highest BCUT2D eigenvalue weighted by Gasteiger charge is 2.21. The molecule has 582 valence electrons. The molecule has 0 heterocycles. The zero-order chi connectivity index (χ0) is 82.3. The molecule has 5 heteroatoms. The summed E-state index contributed by atoms with van der Waals surface area (Å²) in [4.78, 5) is 0. The average molecular weight is 1470 g/mol. The molecular weight excluding hydrogens is 1320 g/mol. The molecule has 0 atom stereocenters.